The van der Waals surface area contributed by atoms with Crippen LogP contribution in [0.2, 0.25) is 0 Å². The molecule has 1 fully saturated rings. The number of hydrogen-bond donors (Lipinski definition) is 0. The van der Waals surface area contributed by atoms with Gasteiger partial charge in [-0.3, -0.25) is 9.59 Å². The van der Waals surface area contributed by atoms with Crippen molar-refractivity contribution in [3.8, 4) is 5.75 Å². The van der Waals surface area contributed by atoms with Crippen molar-refractivity contribution in [1.82, 2.24) is 4.90 Å². The molecule has 1 unspecified atom stereocenters. The maximum atomic E-state index is 12.0. The van der Waals surface area contributed by atoms with Gasteiger partial charge in [0.15, 0.2) is 0 Å². The Balaban J connectivity index is 2.15. The first-order valence-electron chi connectivity index (χ1n) is 6.95. The summed E-state index contributed by atoms with van der Waals surface area (Å²) in [6.07, 6.45) is 0. The van der Waals surface area contributed by atoms with E-state index in [2.05, 4.69) is 0 Å². The highest BCUT2D eigenvalue weighted by atomic mass is 32.2. The van der Waals surface area contributed by atoms with Crippen LogP contribution in [0.5, 0.6) is 5.75 Å². The standard InChI is InChI=1S/C15H19NO4S/c1-3-19-12-7-5-6-11(8-12)15-16(13(17)10-21-15)9-14(18)20-4-2/h5-8,15H,3-4,9-10H2,1-2H3. The lowest BCUT2D eigenvalue weighted by atomic mass is 10.2. The van der Waals surface area contributed by atoms with Crippen LogP contribution in [0.3, 0.4) is 0 Å². The van der Waals surface area contributed by atoms with Crippen LogP contribution in [0.15, 0.2) is 24.3 Å². The van der Waals surface area contributed by atoms with Crippen molar-refractivity contribution in [3.05, 3.63) is 29.8 Å². The Bertz CT molecular complexity index is 520. The topological polar surface area (TPSA) is 55.8 Å². The molecule has 1 aromatic carbocycles. The van der Waals surface area contributed by atoms with Crippen LogP contribution in [-0.2, 0) is 14.3 Å². The average Bonchev–Trinajstić information content (AvgIpc) is 2.81. The third-order valence-corrected chi connectivity index (χ3v) is 4.28. The van der Waals surface area contributed by atoms with Gasteiger partial charge in [-0.15, -0.1) is 11.8 Å². The van der Waals surface area contributed by atoms with E-state index in [9.17, 15) is 9.59 Å². The Labute approximate surface area is 128 Å². The van der Waals surface area contributed by atoms with E-state index in [0.29, 0.717) is 19.0 Å². The second kappa shape index (κ2) is 7.36. The van der Waals surface area contributed by atoms with E-state index in [1.807, 2.05) is 31.2 Å². The number of benzene rings is 1. The van der Waals surface area contributed by atoms with Crippen molar-refractivity contribution in [3.63, 3.8) is 0 Å². The molecule has 1 aromatic rings. The molecule has 5 nitrogen and oxygen atoms in total. The molecule has 1 atom stereocenters. The molecule has 114 valence electrons. The molecule has 0 spiro atoms. The van der Waals surface area contributed by atoms with E-state index in [0.717, 1.165) is 11.3 Å². The van der Waals surface area contributed by atoms with E-state index >= 15 is 0 Å². The smallest absolute Gasteiger partial charge is 0.325 e. The second-order valence-corrected chi connectivity index (χ2v) is 5.56. The van der Waals surface area contributed by atoms with Crippen molar-refractivity contribution in [2.24, 2.45) is 0 Å². The van der Waals surface area contributed by atoms with Crippen LogP contribution < -0.4 is 4.74 Å². The quantitative estimate of drug-likeness (QED) is 0.754. The minimum absolute atomic E-state index is 0.0107. The molecule has 1 aliphatic rings. The van der Waals surface area contributed by atoms with Gasteiger partial charge in [-0.1, -0.05) is 12.1 Å². The predicted octanol–water partition coefficient (Wildman–Crippen LogP) is 2.22. The van der Waals surface area contributed by atoms with Gasteiger partial charge in [0.2, 0.25) is 5.91 Å². The highest BCUT2D eigenvalue weighted by Crippen LogP contribution is 2.39. The summed E-state index contributed by atoms with van der Waals surface area (Å²) in [6, 6.07) is 7.63. The highest BCUT2D eigenvalue weighted by Gasteiger charge is 2.34. The number of nitrogens with zero attached hydrogens (tertiary/aromatic N) is 1. The second-order valence-electron chi connectivity index (χ2n) is 4.50. The molecule has 1 saturated heterocycles. The van der Waals surface area contributed by atoms with Gasteiger partial charge < -0.3 is 14.4 Å². The fraction of sp³-hybridized carbons (Fsp3) is 0.467. The van der Waals surface area contributed by atoms with Crippen LogP contribution in [0.1, 0.15) is 24.8 Å². The zero-order valence-corrected chi connectivity index (χ0v) is 13.0. The number of carbonyl (C=O) groups is 2. The van der Waals surface area contributed by atoms with E-state index in [1.54, 1.807) is 11.8 Å². The molecule has 2 rings (SSSR count). The fourth-order valence-corrected chi connectivity index (χ4v) is 3.35. The number of ether oxygens (including phenoxy) is 2. The molecule has 1 aliphatic heterocycles. The summed E-state index contributed by atoms with van der Waals surface area (Å²) < 4.78 is 10.4. The lowest BCUT2D eigenvalue weighted by Crippen LogP contribution is -2.34. The Morgan fingerprint density at radius 1 is 1.38 bits per heavy atom. The molecule has 0 bridgehead atoms. The Kier molecular flexibility index (Phi) is 5.50. The first kappa shape index (κ1) is 15.7. The number of esters is 1. The number of amides is 1. The van der Waals surface area contributed by atoms with E-state index < -0.39 is 0 Å². The molecule has 0 saturated carbocycles. The minimum atomic E-state index is -0.376. The first-order valence-corrected chi connectivity index (χ1v) is 8.00. The summed E-state index contributed by atoms with van der Waals surface area (Å²) in [5, 5.41) is -0.165. The summed E-state index contributed by atoms with van der Waals surface area (Å²) >= 11 is 1.51. The van der Waals surface area contributed by atoms with E-state index in [4.69, 9.17) is 9.47 Å². The summed E-state index contributed by atoms with van der Waals surface area (Å²) in [6.45, 7) is 4.57. The fourth-order valence-electron chi connectivity index (χ4n) is 2.17. The number of hydrogen-bond acceptors (Lipinski definition) is 5. The summed E-state index contributed by atoms with van der Waals surface area (Å²) in [5.74, 6) is 0.730. The van der Waals surface area contributed by atoms with E-state index in [-0.39, 0.29) is 23.8 Å². The molecular weight excluding hydrogens is 290 g/mol. The lowest BCUT2D eigenvalue weighted by Gasteiger charge is -2.23. The summed E-state index contributed by atoms with van der Waals surface area (Å²) in [5.41, 5.74) is 0.959. The van der Waals surface area contributed by atoms with Gasteiger partial charge in [0.25, 0.3) is 0 Å². The van der Waals surface area contributed by atoms with Gasteiger partial charge in [0.1, 0.15) is 17.7 Å². The monoisotopic (exact) mass is 309 g/mol. The van der Waals surface area contributed by atoms with Crippen molar-refractivity contribution in [2.75, 3.05) is 25.5 Å². The number of rotatable bonds is 6. The number of carbonyl (C=O) groups excluding carboxylic acids is 2. The molecule has 21 heavy (non-hydrogen) atoms. The van der Waals surface area contributed by atoms with Crippen LogP contribution >= 0.6 is 11.8 Å². The lowest BCUT2D eigenvalue weighted by molar-refractivity contribution is -0.148. The van der Waals surface area contributed by atoms with Crippen LogP contribution in [0.25, 0.3) is 0 Å². The first-order chi connectivity index (χ1) is 10.2. The molecule has 0 aromatic heterocycles. The predicted molar refractivity (Wildman–Crippen MR) is 81.2 cm³/mol. The molecule has 0 radical (unpaired) electrons. The third-order valence-electron chi connectivity index (χ3n) is 3.03. The van der Waals surface area contributed by atoms with Crippen molar-refractivity contribution >= 4 is 23.6 Å². The van der Waals surface area contributed by atoms with Crippen molar-refractivity contribution in [1.29, 1.82) is 0 Å². The highest BCUT2D eigenvalue weighted by molar-refractivity contribution is 8.00. The maximum absolute atomic E-state index is 12.0. The third kappa shape index (κ3) is 3.91. The Morgan fingerprint density at radius 2 is 2.19 bits per heavy atom. The molecule has 1 heterocycles. The number of thioether (sulfide) groups is 1. The molecule has 6 heteroatoms. The Morgan fingerprint density at radius 3 is 2.90 bits per heavy atom. The summed E-state index contributed by atoms with van der Waals surface area (Å²) in [4.78, 5) is 25.2. The Hall–Kier alpha value is -1.69. The van der Waals surface area contributed by atoms with Crippen molar-refractivity contribution < 1.29 is 19.1 Å². The van der Waals surface area contributed by atoms with Gasteiger partial charge in [0, 0.05) is 0 Å². The molecular formula is C15H19NO4S. The van der Waals surface area contributed by atoms with Crippen LogP contribution in [0, 0.1) is 0 Å². The normalized spacial score (nSPS) is 17.9. The molecule has 0 aliphatic carbocycles. The minimum Gasteiger partial charge on any atom is -0.494 e. The van der Waals surface area contributed by atoms with Gasteiger partial charge in [-0.25, -0.2) is 0 Å². The van der Waals surface area contributed by atoms with Gasteiger partial charge in [-0.05, 0) is 31.5 Å². The average molecular weight is 309 g/mol. The summed E-state index contributed by atoms with van der Waals surface area (Å²) in [7, 11) is 0. The van der Waals surface area contributed by atoms with Gasteiger partial charge in [-0.2, -0.15) is 0 Å². The van der Waals surface area contributed by atoms with Crippen molar-refractivity contribution in [2.45, 2.75) is 19.2 Å². The largest absolute Gasteiger partial charge is 0.494 e. The maximum Gasteiger partial charge on any atom is 0.325 e. The van der Waals surface area contributed by atoms with Gasteiger partial charge >= 0.3 is 5.97 Å². The molecule has 0 N–H and O–H groups in total. The van der Waals surface area contributed by atoms with Crippen LogP contribution in [0.4, 0.5) is 0 Å². The van der Waals surface area contributed by atoms with Crippen LogP contribution in [-0.4, -0.2) is 42.3 Å². The zero-order valence-electron chi connectivity index (χ0n) is 12.2. The van der Waals surface area contributed by atoms with E-state index in [1.165, 1.54) is 11.8 Å². The SMILES string of the molecule is CCOC(=O)CN1C(=O)CSC1c1cccc(OCC)c1. The molecule has 1 amide bonds. The van der Waals surface area contributed by atoms with Gasteiger partial charge in [0.05, 0.1) is 19.0 Å². The zero-order chi connectivity index (χ0) is 15.2.